The van der Waals surface area contributed by atoms with E-state index in [1.807, 2.05) is 43.3 Å². The zero-order valence-corrected chi connectivity index (χ0v) is 21.8. The second kappa shape index (κ2) is 9.02. The molecule has 0 fully saturated rings. The zero-order chi connectivity index (χ0) is 24.9. The summed E-state index contributed by atoms with van der Waals surface area (Å²) in [4.78, 5) is 15.4. The number of carbonyl (C=O) groups excluding carboxylic acids is 1. The van der Waals surface area contributed by atoms with Crippen LogP contribution in [0.5, 0.6) is 11.5 Å². The molecule has 0 atom stereocenters. The number of carbonyl (C=O) groups is 1. The summed E-state index contributed by atoms with van der Waals surface area (Å²) in [5.41, 5.74) is 5.63. The Hall–Kier alpha value is -2.79. The van der Waals surface area contributed by atoms with Gasteiger partial charge in [0.05, 0.1) is 21.2 Å². The minimum atomic E-state index is -0.0956. The molecule has 2 aliphatic rings. The van der Waals surface area contributed by atoms with Crippen molar-refractivity contribution in [1.29, 1.82) is 0 Å². The Morgan fingerprint density at radius 3 is 2.46 bits per heavy atom. The predicted octanol–water partition coefficient (Wildman–Crippen LogP) is 7.57. The molecule has 0 bridgehead atoms. The highest BCUT2D eigenvalue weighted by Gasteiger charge is 2.35. The quantitative estimate of drug-likeness (QED) is 0.342. The van der Waals surface area contributed by atoms with E-state index < -0.39 is 0 Å². The number of nitrogens with zero attached hydrogens (tertiary/aromatic N) is 1. The predicted molar refractivity (Wildman–Crippen MR) is 140 cm³/mol. The summed E-state index contributed by atoms with van der Waals surface area (Å²) in [6.45, 7) is 10.1. The van der Waals surface area contributed by atoms with Gasteiger partial charge < -0.3 is 9.47 Å². The van der Waals surface area contributed by atoms with Crippen LogP contribution in [0, 0.1) is 6.92 Å². The Bertz CT molecular complexity index is 1350. The number of rotatable bonds is 3. The molecule has 0 aromatic heterocycles. The summed E-state index contributed by atoms with van der Waals surface area (Å²) in [6.07, 6.45) is 1.82. The van der Waals surface area contributed by atoms with Gasteiger partial charge in [-0.3, -0.25) is 9.69 Å². The molecular formula is C29H27Cl2NO3. The van der Waals surface area contributed by atoms with E-state index in [4.69, 9.17) is 32.7 Å². The monoisotopic (exact) mass is 507 g/mol. The van der Waals surface area contributed by atoms with Gasteiger partial charge in [-0.15, -0.1) is 0 Å². The molecule has 0 saturated heterocycles. The lowest BCUT2D eigenvalue weighted by atomic mass is 9.86. The fourth-order valence-corrected chi connectivity index (χ4v) is 4.82. The van der Waals surface area contributed by atoms with Gasteiger partial charge in [0.2, 0.25) is 5.78 Å². The summed E-state index contributed by atoms with van der Waals surface area (Å²) < 4.78 is 12.3. The van der Waals surface area contributed by atoms with Crippen LogP contribution in [-0.4, -0.2) is 17.4 Å². The Labute approximate surface area is 216 Å². The summed E-state index contributed by atoms with van der Waals surface area (Å²) in [6, 6.07) is 15.8. The molecule has 3 aromatic rings. The van der Waals surface area contributed by atoms with Crippen LogP contribution >= 0.6 is 23.2 Å². The smallest absolute Gasteiger partial charge is 0.232 e. The summed E-state index contributed by atoms with van der Waals surface area (Å²) in [5.74, 6) is 1.60. The van der Waals surface area contributed by atoms with E-state index >= 15 is 0 Å². The van der Waals surface area contributed by atoms with Crippen molar-refractivity contribution in [3.05, 3.63) is 97.7 Å². The maximum absolute atomic E-state index is 13.3. The van der Waals surface area contributed by atoms with Crippen LogP contribution in [0.1, 0.15) is 58.9 Å². The maximum atomic E-state index is 13.3. The topological polar surface area (TPSA) is 38.8 Å². The lowest BCUT2D eigenvalue weighted by Crippen LogP contribution is -2.31. The molecule has 6 heteroatoms. The molecule has 5 rings (SSSR count). The van der Waals surface area contributed by atoms with Crippen molar-refractivity contribution in [1.82, 2.24) is 4.90 Å². The first-order chi connectivity index (χ1) is 16.6. The molecule has 0 aliphatic carbocycles. The van der Waals surface area contributed by atoms with Gasteiger partial charge in [0, 0.05) is 13.1 Å². The lowest BCUT2D eigenvalue weighted by Gasteiger charge is -2.30. The van der Waals surface area contributed by atoms with Gasteiger partial charge >= 0.3 is 0 Å². The third-order valence-corrected chi connectivity index (χ3v) is 7.19. The molecule has 0 saturated carbocycles. The molecule has 0 unspecified atom stereocenters. The van der Waals surface area contributed by atoms with Gasteiger partial charge in [0.1, 0.15) is 18.2 Å². The number of ketones is 1. The molecule has 3 aromatic carbocycles. The number of hydrogen-bond acceptors (Lipinski definition) is 4. The minimum Gasteiger partial charge on any atom is -0.478 e. The highest BCUT2D eigenvalue weighted by molar-refractivity contribution is 6.42. The summed E-state index contributed by atoms with van der Waals surface area (Å²) in [7, 11) is 0. The van der Waals surface area contributed by atoms with Gasteiger partial charge in [-0.1, -0.05) is 74.3 Å². The molecule has 2 aliphatic heterocycles. The van der Waals surface area contributed by atoms with E-state index in [9.17, 15) is 4.79 Å². The molecule has 35 heavy (non-hydrogen) atoms. The van der Waals surface area contributed by atoms with E-state index in [-0.39, 0.29) is 11.2 Å². The standard InChI is InChI=1S/C29H27Cl2NO3/c1-17-11-24-21(15-32(16-34-24)14-19-7-10-22(30)23(31)12-19)28-26(17)27(33)25(35-28)13-18-5-8-20(9-6-18)29(2,3)4/h5-13H,14-16H2,1-4H3/b25-13-. The molecular weight excluding hydrogens is 481 g/mol. The molecule has 0 spiro atoms. The normalized spacial score (nSPS) is 16.6. The van der Waals surface area contributed by atoms with Gasteiger partial charge in [-0.05, 0) is 58.9 Å². The van der Waals surface area contributed by atoms with E-state index in [1.165, 1.54) is 5.56 Å². The molecule has 0 N–H and O–H groups in total. The number of ether oxygens (including phenoxy) is 2. The van der Waals surface area contributed by atoms with Crippen LogP contribution in [0.3, 0.4) is 0 Å². The van der Waals surface area contributed by atoms with Crippen molar-refractivity contribution < 1.29 is 14.3 Å². The number of fused-ring (bicyclic) bond motifs is 3. The van der Waals surface area contributed by atoms with Crippen LogP contribution in [0.4, 0.5) is 0 Å². The van der Waals surface area contributed by atoms with Gasteiger partial charge in [0.15, 0.2) is 5.76 Å². The van der Waals surface area contributed by atoms with Crippen molar-refractivity contribution in [2.45, 2.75) is 46.2 Å². The third-order valence-electron chi connectivity index (χ3n) is 6.45. The maximum Gasteiger partial charge on any atom is 0.232 e. The van der Waals surface area contributed by atoms with Crippen LogP contribution < -0.4 is 9.47 Å². The first-order valence-electron chi connectivity index (χ1n) is 11.6. The van der Waals surface area contributed by atoms with E-state index in [2.05, 4.69) is 37.8 Å². The average Bonchev–Trinajstić information content (AvgIpc) is 3.13. The Morgan fingerprint density at radius 2 is 1.77 bits per heavy atom. The van der Waals surface area contributed by atoms with Gasteiger partial charge in [-0.2, -0.15) is 0 Å². The van der Waals surface area contributed by atoms with Crippen molar-refractivity contribution in [2.75, 3.05) is 6.73 Å². The van der Waals surface area contributed by atoms with Crippen LogP contribution in [0.25, 0.3) is 6.08 Å². The summed E-state index contributed by atoms with van der Waals surface area (Å²) >= 11 is 12.2. The summed E-state index contributed by atoms with van der Waals surface area (Å²) in [5, 5.41) is 1.06. The largest absolute Gasteiger partial charge is 0.478 e. The first-order valence-corrected chi connectivity index (χ1v) is 12.4. The van der Waals surface area contributed by atoms with E-state index in [1.54, 1.807) is 6.07 Å². The Balaban J connectivity index is 1.42. The van der Waals surface area contributed by atoms with E-state index in [0.29, 0.717) is 46.9 Å². The highest BCUT2D eigenvalue weighted by Crippen LogP contribution is 2.44. The molecule has 4 nitrogen and oxygen atoms in total. The van der Waals surface area contributed by atoms with Crippen LogP contribution in [-0.2, 0) is 18.5 Å². The third kappa shape index (κ3) is 4.71. The zero-order valence-electron chi connectivity index (χ0n) is 20.2. The van der Waals surface area contributed by atoms with Crippen molar-refractivity contribution in [2.24, 2.45) is 0 Å². The minimum absolute atomic E-state index is 0.0704. The van der Waals surface area contributed by atoms with Crippen LogP contribution in [0.2, 0.25) is 10.0 Å². The van der Waals surface area contributed by atoms with Crippen LogP contribution in [0.15, 0.2) is 54.3 Å². The van der Waals surface area contributed by atoms with Crippen molar-refractivity contribution >= 4 is 35.1 Å². The fourth-order valence-electron chi connectivity index (χ4n) is 4.50. The van der Waals surface area contributed by atoms with Crippen molar-refractivity contribution in [3.8, 4) is 11.5 Å². The second-order valence-corrected chi connectivity index (χ2v) is 11.0. The fraction of sp³-hybridized carbons (Fsp3) is 0.276. The number of hydrogen-bond donors (Lipinski definition) is 0. The number of halogens is 2. The first kappa shape index (κ1) is 23.9. The molecule has 0 amide bonds. The van der Waals surface area contributed by atoms with Gasteiger partial charge in [-0.25, -0.2) is 0 Å². The lowest BCUT2D eigenvalue weighted by molar-refractivity contribution is 0.0872. The number of allylic oxidation sites excluding steroid dienone is 1. The molecule has 180 valence electrons. The van der Waals surface area contributed by atoms with Crippen molar-refractivity contribution in [3.63, 3.8) is 0 Å². The molecule has 2 heterocycles. The Kier molecular flexibility index (Phi) is 6.16. The number of benzene rings is 3. The van der Waals surface area contributed by atoms with E-state index in [0.717, 1.165) is 28.0 Å². The average molecular weight is 508 g/mol. The molecule has 0 radical (unpaired) electrons. The second-order valence-electron chi connectivity index (χ2n) is 10.2. The Morgan fingerprint density at radius 1 is 1.03 bits per heavy atom. The number of Topliss-reactive ketones (excluding diaryl/α,β-unsaturated/α-hetero) is 1. The number of aryl methyl sites for hydroxylation is 1. The van der Waals surface area contributed by atoms with Gasteiger partial charge in [0.25, 0.3) is 0 Å². The SMILES string of the molecule is Cc1cc2c(c3c1C(=O)/C(=C/c1ccc(C(C)(C)C)cc1)O3)CN(Cc1ccc(Cl)c(Cl)c1)CO2. The highest BCUT2D eigenvalue weighted by atomic mass is 35.5.